The highest BCUT2D eigenvalue weighted by Gasteiger charge is 2.61. The van der Waals surface area contributed by atoms with Crippen LogP contribution in [-0.4, -0.2) is 22.4 Å². The van der Waals surface area contributed by atoms with Gasteiger partial charge in [0.15, 0.2) is 0 Å². The Kier molecular flexibility index (Phi) is 3.59. The molecular weight excluding hydrogens is 284 g/mol. The maximum atomic E-state index is 11.1. The molecule has 23 heavy (non-hydrogen) atoms. The van der Waals surface area contributed by atoms with Gasteiger partial charge in [-0.1, -0.05) is 32.6 Å². The summed E-state index contributed by atoms with van der Waals surface area (Å²) in [5.74, 6) is 2.58. The van der Waals surface area contributed by atoms with Gasteiger partial charge in [-0.3, -0.25) is 0 Å². The summed E-state index contributed by atoms with van der Waals surface area (Å²) in [7, 11) is 0. The van der Waals surface area contributed by atoms with Crippen LogP contribution in [0.25, 0.3) is 0 Å². The first kappa shape index (κ1) is 15.9. The Balaban J connectivity index is 1.67. The predicted molar refractivity (Wildman–Crippen MR) is 92.8 cm³/mol. The fourth-order valence-electron chi connectivity index (χ4n) is 7.12. The molecule has 4 rings (SSSR count). The Morgan fingerprint density at radius 2 is 1.91 bits per heavy atom. The summed E-state index contributed by atoms with van der Waals surface area (Å²) in [4.78, 5) is 0. The van der Waals surface area contributed by atoms with Gasteiger partial charge in [-0.25, -0.2) is 0 Å². The average Bonchev–Trinajstić information content (AvgIpc) is 2.87. The van der Waals surface area contributed by atoms with Gasteiger partial charge in [0.25, 0.3) is 0 Å². The second-order valence-corrected chi connectivity index (χ2v) is 9.22. The maximum absolute atomic E-state index is 11.1. The first-order chi connectivity index (χ1) is 10.9. The van der Waals surface area contributed by atoms with Crippen LogP contribution in [0.5, 0.6) is 0 Å². The van der Waals surface area contributed by atoms with Crippen LogP contribution in [0.2, 0.25) is 0 Å². The van der Waals surface area contributed by atoms with Crippen molar-refractivity contribution in [2.75, 3.05) is 0 Å². The van der Waals surface area contributed by atoms with Gasteiger partial charge >= 0.3 is 0 Å². The topological polar surface area (TPSA) is 40.5 Å². The monoisotopic (exact) mass is 316 g/mol. The normalized spacial score (nSPS) is 55.4. The van der Waals surface area contributed by atoms with Crippen molar-refractivity contribution in [1.29, 1.82) is 0 Å². The molecule has 128 valence electrons. The van der Waals surface area contributed by atoms with Crippen molar-refractivity contribution < 1.29 is 10.2 Å². The molecule has 0 radical (unpaired) electrons. The van der Waals surface area contributed by atoms with Crippen LogP contribution in [-0.2, 0) is 0 Å². The van der Waals surface area contributed by atoms with Crippen LogP contribution in [0, 0.1) is 34.5 Å². The van der Waals surface area contributed by atoms with Crippen molar-refractivity contribution in [3.05, 3.63) is 24.3 Å². The molecule has 3 fully saturated rings. The van der Waals surface area contributed by atoms with E-state index in [1.54, 1.807) is 0 Å². The molecular formula is C21H32O2. The van der Waals surface area contributed by atoms with Gasteiger partial charge in [-0.05, 0) is 79.6 Å². The van der Waals surface area contributed by atoms with Gasteiger partial charge in [0.2, 0.25) is 0 Å². The molecule has 2 nitrogen and oxygen atoms in total. The van der Waals surface area contributed by atoms with Crippen molar-refractivity contribution in [2.45, 2.75) is 71.0 Å². The van der Waals surface area contributed by atoms with Gasteiger partial charge in [0.05, 0.1) is 12.2 Å². The molecule has 0 amide bonds. The number of aliphatic hydroxyl groups excluding tert-OH is 2. The Morgan fingerprint density at radius 1 is 1.13 bits per heavy atom. The van der Waals surface area contributed by atoms with E-state index in [1.807, 2.05) is 6.08 Å². The lowest BCUT2D eigenvalue weighted by atomic mass is 9.44. The molecule has 8 atom stereocenters. The summed E-state index contributed by atoms with van der Waals surface area (Å²) >= 11 is 0. The van der Waals surface area contributed by atoms with E-state index in [2.05, 4.69) is 26.5 Å². The maximum Gasteiger partial charge on any atom is 0.0639 e. The van der Waals surface area contributed by atoms with Crippen LogP contribution in [0.3, 0.4) is 0 Å². The molecule has 2 N–H and O–H groups in total. The zero-order chi connectivity index (χ0) is 16.4. The standard InChI is InChI=1S/C21H32O2/c1-4-13-6-8-17-16-7-5-14-11-15(22)9-10-20(14,2)18(16)12-19(23)21(13,17)3/h4,6,14-19,22-23H,1,5,7-12H2,2-3H3/t14?,15-,16-,17-,18-,19+,20-,21+/m0/s1. The first-order valence-corrected chi connectivity index (χ1v) is 9.60. The number of aliphatic hydroxyl groups is 2. The minimum atomic E-state index is -0.247. The number of allylic oxidation sites excluding steroid dienone is 2. The first-order valence-electron chi connectivity index (χ1n) is 9.60. The fraction of sp³-hybridized carbons (Fsp3) is 0.810. The summed E-state index contributed by atoms with van der Waals surface area (Å²) in [6.45, 7) is 8.74. The van der Waals surface area contributed by atoms with Crippen molar-refractivity contribution in [3.63, 3.8) is 0 Å². The molecule has 3 saturated carbocycles. The van der Waals surface area contributed by atoms with Crippen molar-refractivity contribution >= 4 is 0 Å². The molecule has 0 saturated heterocycles. The lowest BCUT2D eigenvalue weighted by Gasteiger charge is -2.61. The number of rotatable bonds is 1. The Bertz CT molecular complexity index is 538. The second-order valence-electron chi connectivity index (χ2n) is 9.22. The van der Waals surface area contributed by atoms with E-state index < -0.39 is 0 Å². The minimum Gasteiger partial charge on any atom is -0.393 e. The van der Waals surface area contributed by atoms with Crippen LogP contribution < -0.4 is 0 Å². The summed E-state index contributed by atoms with van der Waals surface area (Å²) in [5, 5.41) is 21.2. The molecule has 4 aliphatic rings. The van der Waals surface area contributed by atoms with Crippen LogP contribution in [0.1, 0.15) is 58.8 Å². The van der Waals surface area contributed by atoms with E-state index in [1.165, 1.54) is 18.4 Å². The predicted octanol–water partition coefficient (Wildman–Crippen LogP) is 4.08. The van der Waals surface area contributed by atoms with Crippen molar-refractivity contribution in [1.82, 2.24) is 0 Å². The van der Waals surface area contributed by atoms with Crippen molar-refractivity contribution in [2.24, 2.45) is 34.5 Å². The van der Waals surface area contributed by atoms with E-state index in [0.717, 1.165) is 38.0 Å². The van der Waals surface area contributed by atoms with E-state index in [-0.39, 0.29) is 17.6 Å². The van der Waals surface area contributed by atoms with E-state index in [4.69, 9.17) is 0 Å². The molecule has 0 aromatic rings. The molecule has 0 spiro atoms. The summed E-state index contributed by atoms with van der Waals surface area (Å²) in [6.07, 6.45) is 11.6. The van der Waals surface area contributed by atoms with Gasteiger partial charge in [0.1, 0.15) is 0 Å². The third kappa shape index (κ3) is 2.00. The third-order valence-corrected chi connectivity index (χ3v) is 8.61. The SMILES string of the molecule is C=CC1=CC[C@H]2[C@@H]3CCC4C[C@@H](O)CC[C@]4(C)[C@H]3C[C@@H](O)[C@]12C. The third-order valence-electron chi connectivity index (χ3n) is 8.61. The molecule has 0 bridgehead atoms. The van der Waals surface area contributed by atoms with E-state index in [9.17, 15) is 10.2 Å². The quantitative estimate of drug-likeness (QED) is 0.765. The van der Waals surface area contributed by atoms with Gasteiger partial charge in [-0.2, -0.15) is 0 Å². The summed E-state index contributed by atoms with van der Waals surface area (Å²) in [5.41, 5.74) is 1.52. The Labute approximate surface area is 140 Å². The highest BCUT2D eigenvalue weighted by Crippen LogP contribution is 2.66. The number of hydrogen-bond donors (Lipinski definition) is 2. The molecule has 0 heterocycles. The van der Waals surface area contributed by atoms with Crippen LogP contribution in [0.4, 0.5) is 0 Å². The van der Waals surface area contributed by atoms with Gasteiger partial charge in [-0.15, -0.1) is 0 Å². The zero-order valence-electron chi connectivity index (χ0n) is 14.7. The smallest absolute Gasteiger partial charge is 0.0639 e. The van der Waals surface area contributed by atoms with Crippen molar-refractivity contribution in [3.8, 4) is 0 Å². The lowest BCUT2D eigenvalue weighted by molar-refractivity contribution is -0.154. The molecule has 0 aromatic carbocycles. The highest BCUT2D eigenvalue weighted by atomic mass is 16.3. The van der Waals surface area contributed by atoms with E-state index >= 15 is 0 Å². The fourth-order valence-corrected chi connectivity index (χ4v) is 7.12. The van der Waals surface area contributed by atoms with Crippen LogP contribution >= 0.6 is 0 Å². The highest BCUT2D eigenvalue weighted by molar-refractivity contribution is 5.34. The molecule has 1 unspecified atom stereocenters. The number of fused-ring (bicyclic) bond motifs is 5. The zero-order valence-corrected chi connectivity index (χ0v) is 14.7. The molecule has 0 aliphatic heterocycles. The summed E-state index contributed by atoms with van der Waals surface area (Å²) in [6, 6.07) is 0. The molecule has 4 aliphatic carbocycles. The lowest BCUT2D eigenvalue weighted by Crippen LogP contribution is -2.57. The van der Waals surface area contributed by atoms with Crippen LogP contribution in [0.15, 0.2) is 24.3 Å². The average molecular weight is 316 g/mol. The van der Waals surface area contributed by atoms with Gasteiger partial charge < -0.3 is 10.2 Å². The number of hydrogen-bond acceptors (Lipinski definition) is 2. The summed E-state index contributed by atoms with van der Waals surface area (Å²) < 4.78 is 0. The Hall–Kier alpha value is -0.600. The Morgan fingerprint density at radius 3 is 2.65 bits per heavy atom. The molecule has 0 aromatic heterocycles. The molecule has 2 heteroatoms. The minimum absolute atomic E-state index is 0.0830. The van der Waals surface area contributed by atoms with E-state index in [0.29, 0.717) is 23.2 Å². The van der Waals surface area contributed by atoms with Gasteiger partial charge in [0, 0.05) is 5.41 Å². The largest absolute Gasteiger partial charge is 0.393 e. The second kappa shape index (κ2) is 5.20.